The van der Waals surface area contributed by atoms with Crippen molar-refractivity contribution in [3.05, 3.63) is 0 Å². The number of nitrogens with zero attached hydrogens (tertiary/aromatic N) is 1. The van der Waals surface area contributed by atoms with Crippen LogP contribution in [0.5, 0.6) is 0 Å². The van der Waals surface area contributed by atoms with Crippen molar-refractivity contribution in [2.45, 2.75) is 44.6 Å². The summed E-state index contributed by atoms with van der Waals surface area (Å²) in [6, 6.07) is 0.610. The molecule has 0 spiro atoms. The highest BCUT2D eigenvalue weighted by atomic mass is 16.4. The van der Waals surface area contributed by atoms with Gasteiger partial charge in [0.15, 0.2) is 0 Å². The fourth-order valence-electron chi connectivity index (χ4n) is 4.28. The second kappa shape index (κ2) is 5.80. The summed E-state index contributed by atoms with van der Waals surface area (Å²) >= 11 is 0. The van der Waals surface area contributed by atoms with Gasteiger partial charge in [0, 0.05) is 12.6 Å². The third-order valence-corrected chi connectivity index (χ3v) is 5.52. The Morgan fingerprint density at radius 1 is 1.16 bits per heavy atom. The van der Waals surface area contributed by atoms with E-state index in [1.54, 1.807) is 0 Å². The van der Waals surface area contributed by atoms with Gasteiger partial charge in [0.2, 0.25) is 0 Å². The fraction of sp³-hybridized carbons (Fsp3) is 0.933. The summed E-state index contributed by atoms with van der Waals surface area (Å²) in [5, 5.41) is 13.0. The minimum absolute atomic E-state index is 0.109. The Kier molecular flexibility index (Phi) is 4.08. The maximum atomic E-state index is 11.3. The lowest BCUT2D eigenvalue weighted by molar-refractivity contribution is -0.144. The second-order valence-electron chi connectivity index (χ2n) is 6.64. The van der Waals surface area contributed by atoms with Gasteiger partial charge in [-0.2, -0.15) is 0 Å². The minimum atomic E-state index is -0.583. The molecule has 4 fully saturated rings. The van der Waals surface area contributed by atoms with Crippen molar-refractivity contribution in [3.8, 4) is 0 Å². The maximum absolute atomic E-state index is 11.3. The van der Waals surface area contributed by atoms with E-state index in [0.29, 0.717) is 12.0 Å². The Labute approximate surface area is 115 Å². The molecule has 0 aromatic rings. The normalized spacial score (nSPS) is 42.2. The average molecular weight is 266 g/mol. The molecule has 1 saturated carbocycles. The Morgan fingerprint density at radius 3 is 2.53 bits per heavy atom. The van der Waals surface area contributed by atoms with Crippen molar-refractivity contribution < 1.29 is 9.90 Å². The van der Waals surface area contributed by atoms with Gasteiger partial charge in [0.05, 0.1) is 5.92 Å². The molecule has 3 unspecified atom stereocenters. The molecule has 0 aromatic carbocycles. The van der Waals surface area contributed by atoms with Crippen LogP contribution in [0.3, 0.4) is 0 Å². The van der Waals surface area contributed by atoms with Crippen LogP contribution in [0.15, 0.2) is 0 Å². The highest BCUT2D eigenvalue weighted by Gasteiger charge is 2.36. The Hall–Kier alpha value is -0.610. The molecule has 4 heteroatoms. The molecule has 3 atom stereocenters. The Bertz CT molecular complexity index is 326. The molecule has 1 aliphatic carbocycles. The van der Waals surface area contributed by atoms with Gasteiger partial charge in [-0.15, -0.1) is 0 Å². The van der Waals surface area contributed by atoms with Crippen LogP contribution in [0.4, 0.5) is 0 Å². The number of rotatable bonds is 4. The first-order valence-corrected chi connectivity index (χ1v) is 7.92. The van der Waals surface area contributed by atoms with E-state index in [-0.39, 0.29) is 5.92 Å². The van der Waals surface area contributed by atoms with E-state index in [9.17, 15) is 9.90 Å². The van der Waals surface area contributed by atoms with Crippen molar-refractivity contribution in [3.63, 3.8) is 0 Å². The number of piperidine rings is 3. The summed E-state index contributed by atoms with van der Waals surface area (Å²) in [5.41, 5.74) is 0. The number of hydrogen-bond acceptors (Lipinski definition) is 3. The van der Waals surface area contributed by atoms with Gasteiger partial charge in [-0.3, -0.25) is 4.79 Å². The van der Waals surface area contributed by atoms with Crippen molar-refractivity contribution >= 4 is 5.97 Å². The number of nitrogens with one attached hydrogen (secondary N) is 1. The van der Waals surface area contributed by atoms with Crippen LogP contribution < -0.4 is 5.32 Å². The lowest BCUT2D eigenvalue weighted by Gasteiger charge is -2.45. The molecule has 2 bridgehead atoms. The number of carboxylic acids is 1. The summed E-state index contributed by atoms with van der Waals surface area (Å²) in [6.07, 6.45) is 6.91. The van der Waals surface area contributed by atoms with Gasteiger partial charge >= 0.3 is 5.97 Å². The van der Waals surface area contributed by atoms with Crippen LogP contribution in [0.2, 0.25) is 0 Å². The lowest BCUT2D eigenvalue weighted by atomic mass is 9.78. The third kappa shape index (κ3) is 2.95. The monoisotopic (exact) mass is 266 g/mol. The zero-order valence-corrected chi connectivity index (χ0v) is 11.7. The van der Waals surface area contributed by atoms with E-state index >= 15 is 0 Å². The van der Waals surface area contributed by atoms with E-state index < -0.39 is 5.97 Å². The van der Waals surface area contributed by atoms with E-state index in [4.69, 9.17) is 0 Å². The van der Waals surface area contributed by atoms with E-state index in [2.05, 4.69) is 10.2 Å². The summed E-state index contributed by atoms with van der Waals surface area (Å²) in [7, 11) is 0. The molecule has 0 aromatic heterocycles. The number of carbonyl (C=O) groups is 1. The molecule has 4 rings (SSSR count). The standard InChI is InChI=1S/C15H26N2O2/c18-15(19)13-4-2-1-3-12(13)9-16-14-10-17-7-5-11(14)6-8-17/h11-14,16H,1-10H2,(H,18,19). The fourth-order valence-corrected chi connectivity index (χ4v) is 4.28. The molecule has 0 amide bonds. The van der Waals surface area contributed by atoms with Crippen LogP contribution in [-0.4, -0.2) is 48.2 Å². The van der Waals surface area contributed by atoms with Crippen molar-refractivity contribution in [2.24, 2.45) is 17.8 Å². The molecule has 4 nitrogen and oxygen atoms in total. The van der Waals surface area contributed by atoms with Crippen LogP contribution in [0, 0.1) is 17.8 Å². The molecule has 3 heterocycles. The first-order chi connectivity index (χ1) is 9.24. The van der Waals surface area contributed by atoms with Crippen LogP contribution >= 0.6 is 0 Å². The van der Waals surface area contributed by atoms with Gasteiger partial charge in [-0.1, -0.05) is 12.8 Å². The molecule has 3 aliphatic heterocycles. The molecule has 0 radical (unpaired) electrons. The number of carboxylic acid groups (broad SMARTS) is 1. The predicted octanol–water partition coefficient (Wildman–Crippen LogP) is 1.56. The third-order valence-electron chi connectivity index (χ3n) is 5.52. The molecule has 2 N–H and O–H groups in total. The molecule has 108 valence electrons. The van der Waals surface area contributed by atoms with Crippen molar-refractivity contribution in [1.82, 2.24) is 10.2 Å². The number of fused-ring (bicyclic) bond motifs is 3. The average Bonchev–Trinajstić information content (AvgIpc) is 2.46. The Morgan fingerprint density at radius 2 is 1.89 bits per heavy atom. The summed E-state index contributed by atoms with van der Waals surface area (Å²) in [6.45, 7) is 4.62. The SMILES string of the molecule is O=C(O)C1CCCCC1CNC1CN2CCC1CC2. The first kappa shape index (κ1) is 13.4. The minimum Gasteiger partial charge on any atom is -0.481 e. The number of hydrogen-bond donors (Lipinski definition) is 2. The van der Waals surface area contributed by atoms with Crippen LogP contribution in [-0.2, 0) is 4.79 Å². The highest BCUT2D eigenvalue weighted by molar-refractivity contribution is 5.70. The van der Waals surface area contributed by atoms with Crippen LogP contribution in [0.1, 0.15) is 38.5 Å². The van der Waals surface area contributed by atoms with Gasteiger partial charge < -0.3 is 15.3 Å². The van der Waals surface area contributed by atoms with Gasteiger partial charge in [-0.05, 0) is 57.2 Å². The zero-order chi connectivity index (χ0) is 13.2. The number of aliphatic carboxylic acids is 1. The van der Waals surface area contributed by atoms with Gasteiger partial charge in [0.1, 0.15) is 0 Å². The van der Waals surface area contributed by atoms with E-state index in [0.717, 1.165) is 31.7 Å². The molecular formula is C15H26N2O2. The van der Waals surface area contributed by atoms with E-state index in [1.807, 2.05) is 0 Å². The van der Waals surface area contributed by atoms with Crippen molar-refractivity contribution in [1.29, 1.82) is 0 Å². The molecule has 3 saturated heterocycles. The van der Waals surface area contributed by atoms with Crippen LogP contribution in [0.25, 0.3) is 0 Å². The zero-order valence-electron chi connectivity index (χ0n) is 11.7. The summed E-state index contributed by atoms with van der Waals surface area (Å²) in [5.74, 6) is 0.487. The topological polar surface area (TPSA) is 52.6 Å². The second-order valence-corrected chi connectivity index (χ2v) is 6.64. The Balaban J connectivity index is 1.52. The first-order valence-electron chi connectivity index (χ1n) is 7.92. The van der Waals surface area contributed by atoms with Gasteiger partial charge in [-0.25, -0.2) is 0 Å². The molecule has 4 aliphatic rings. The van der Waals surface area contributed by atoms with Crippen molar-refractivity contribution in [2.75, 3.05) is 26.2 Å². The lowest BCUT2D eigenvalue weighted by Crippen LogP contribution is -2.57. The summed E-state index contributed by atoms with van der Waals surface area (Å²) in [4.78, 5) is 13.9. The van der Waals surface area contributed by atoms with E-state index in [1.165, 1.54) is 38.9 Å². The maximum Gasteiger partial charge on any atom is 0.306 e. The van der Waals surface area contributed by atoms with Gasteiger partial charge in [0.25, 0.3) is 0 Å². The highest BCUT2D eigenvalue weighted by Crippen LogP contribution is 2.31. The predicted molar refractivity (Wildman–Crippen MR) is 74.0 cm³/mol. The molecular weight excluding hydrogens is 240 g/mol. The largest absolute Gasteiger partial charge is 0.481 e. The quantitative estimate of drug-likeness (QED) is 0.811. The smallest absolute Gasteiger partial charge is 0.306 e. The molecule has 19 heavy (non-hydrogen) atoms. The summed E-state index contributed by atoms with van der Waals surface area (Å²) < 4.78 is 0.